The molecule has 2 heterocycles. The fourth-order valence-electron chi connectivity index (χ4n) is 1.16. The number of carbonyl (C=O) groups excluding carboxylic acids is 2. The molecule has 2 aromatic heterocycles. The van der Waals surface area contributed by atoms with Gasteiger partial charge < -0.3 is 0 Å². The van der Waals surface area contributed by atoms with Crippen molar-refractivity contribution in [3.63, 3.8) is 0 Å². The van der Waals surface area contributed by atoms with Crippen LogP contribution in [0.25, 0.3) is 0 Å². The molecule has 2 rings (SSSR count). The highest BCUT2D eigenvalue weighted by molar-refractivity contribution is 8.01. The first-order chi connectivity index (χ1) is 9.15. The second kappa shape index (κ2) is 6.69. The van der Waals surface area contributed by atoms with E-state index in [1.807, 2.05) is 12.3 Å². The Kier molecular flexibility index (Phi) is 4.94. The van der Waals surface area contributed by atoms with Gasteiger partial charge in [-0.2, -0.15) is 0 Å². The van der Waals surface area contributed by atoms with Crippen LogP contribution in [0.4, 0.5) is 0 Å². The molecule has 0 atom stereocenters. The summed E-state index contributed by atoms with van der Waals surface area (Å²) in [5.41, 5.74) is 5.68. The van der Waals surface area contributed by atoms with Crippen molar-refractivity contribution in [3.8, 4) is 0 Å². The SMILES string of the molecule is Cc1csc(SCC(=O)NNC(=O)c2cccs2)n1. The van der Waals surface area contributed by atoms with Crippen LogP contribution in [0.1, 0.15) is 15.4 Å². The average Bonchev–Trinajstić information content (AvgIpc) is 3.04. The first-order valence-corrected chi connectivity index (χ1v) is 8.07. The highest BCUT2D eigenvalue weighted by Crippen LogP contribution is 2.21. The topological polar surface area (TPSA) is 71.1 Å². The van der Waals surface area contributed by atoms with E-state index in [9.17, 15) is 9.59 Å². The molecule has 0 aliphatic rings. The summed E-state index contributed by atoms with van der Waals surface area (Å²) in [4.78, 5) is 27.9. The molecule has 2 aromatic rings. The first kappa shape index (κ1) is 14.0. The number of aryl methyl sites for hydroxylation is 1. The first-order valence-electron chi connectivity index (χ1n) is 5.33. The Labute approximate surface area is 122 Å². The van der Waals surface area contributed by atoms with E-state index in [0.717, 1.165) is 10.0 Å². The number of nitrogens with zero attached hydrogens (tertiary/aromatic N) is 1. The molecular formula is C11H11N3O2S3. The van der Waals surface area contributed by atoms with E-state index in [1.54, 1.807) is 17.5 Å². The maximum atomic E-state index is 11.6. The van der Waals surface area contributed by atoms with Crippen molar-refractivity contribution in [1.29, 1.82) is 0 Å². The van der Waals surface area contributed by atoms with Gasteiger partial charge in [0.05, 0.1) is 10.6 Å². The average molecular weight is 313 g/mol. The van der Waals surface area contributed by atoms with Gasteiger partial charge in [0.1, 0.15) is 0 Å². The van der Waals surface area contributed by atoms with Crippen LogP contribution in [0.2, 0.25) is 0 Å². The van der Waals surface area contributed by atoms with Gasteiger partial charge in [-0.1, -0.05) is 17.8 Å². The Balaban J connectivity index is 1.71. The number of amides is 2. The van der Waals surface area contributed by atoms with Crippen LogP contribution in [0.3, 0.4) is 0 Å². The van der Waals surface area contributed by atoms with Crippen LogP contribution in [0.15, 0.2) is 27.2 Å². The zero-order valence-corrected chi connectivity index (χ0v) is 12.5. The van der Waals surface area contributed by atoms with E-state index < -0.39 is 0 Å². The van der Waals surface area contributed by atoms with Crippen LogP contribution in [-0.4, -0.2) is 22.6 Å². The molecule has 0 saturated heterocycles. The molecule has 2 amide bonds. The maximum absolute atomic E-state index is 11.6. The third-order valence-corrected chi connectivity index (χ3v) is 4.99. The Morgan fingerprint density at radius 1 is 1.37 bits per heavy atom. The van der Waals surface area contributed by atoms with Gasteiger partial charge in [-0.05, 0) is 18.4 Å². The monoisotopic (exact) mass is 313 g/mol. The summed E-state index contributed by atoms with van der Waals surface area (Å²) in [5, 5.41) is 3.73. The number of hydrazine groups is 1. The fraction of sp³-hybridized carbons (Fsp3) is 0.182. The standard InChI is InChI=1S/C11H11N3O2S3/c1-7-5-18-11(12-7)19-6-9(15)13-14-10(16)8-3-2-4-17-8/h2-5H,6H2,1H3,(H,13,15)(H,14,16). The minimum atomic E-state index is -0.307. The summed E-state index contributed by atoms with van der Waals surface area (Å²) >= 11 is 4.16. The van der Waals surface area contributed by atoms with E-state index in [2.05, 4.69) is 15.8 Å². The number of hydrogen-bond acceptors (Lipinski definition) is 6. The molecule has 19 heavy (non-hydrogen) atoms. The summed E-state index contributed by atoms with van der Waals surface area (Å²) in [7, 11) is 0. The zero-order valence-electron chi connectivity index (χ0n) is 10.0. The van der Waals surface area contributed by atoms with Gasteiger partial charge in [0.15, 0.2) is 4.34 Å². The van der Waals surface area contributed by atoms with Crippen LogP contribution >= 0.6 is 34.4 Å². The zero-order chi connectivity index (χ0) is 13.7. The van der Waals surface area contributed by atoms with Gasteiger partial charge in [-0.3, -0.25) is 20.4 Å². The van der Waals surface area contributed by atoms with Crippen molar-refractivity contribution in [2.24, 2.45) is 0 Å². The molecule has 8 heteroatoms. The molecule has 0 bridgehead atoms. The molecule has 0 saturated carbocycles. The molecule has 2 N–H and O–H groups in total. The molecular weight excluding hydrogens is 302 g/mol. The molecule has 100 valence electrons. The number of carbonyl (C=O) groups is 2. The van der Waals surface area contributed by atoms with Gasteiger partial charge in [0, 0.05) is 11.1 Å². The molecule has 0 aliphatic carbocycles. The van der Waals surface area contributed by atoms with Gasteiger partial charge in [-0.15, -0.1) is 22.7 Å². The number of thiophene rings is 1. The Bertz CT molecular complexity index is 566. The van der Waals surface area contributed by atoms with Crippen molar-refractivity contribution < 1.29 is 9.59 Å². The third kappa shape index (κ3) is 4.34. The lowest BCUT2D eigenvalue weighted by molar-refractivity contribution is -0.119. The second-order valence-electron chi connectivity index (χ2n) is 3.52. The van der Waals surface area contributed by atoms with E-state index in [1.165, 1.54) is 34.4 Å². The molecule has 5 nitrogen and oxygen atoms in total. The summed E-state index contributed by atoms with van der Waals surface area (Å²) in [6.45, 7) is 1.90. The number of nitrogens with one attached hydrogen (secondary N) is 2. The van der Waals surface area contributed by atoms with Crippen molar-refractivity contribution in [3.05, 3.63) is 33.5 Å². The van der Waals surface area contributed by atoms with Crippen LogP contribution < -0.4 is 10.9 Å². The minimum Gasteiger partial charge on any atom is -0.272 e. The van der Waals surface area contributed by atoms with Crippen molar-refractivity contribution in [2.45, 2.75) is 11.3 Å². The van der Waals surface area contributed by atoms with E-state index >= 15 is 0 Å². The predicted octanol–water partition coefficient (Wildman–Crippen LogP) is 2.07. The molecule has 0 aromatic carbocycles. The van der Waals surface area contributed by atoms with E-state index in [-0.39, 0.29) is 17.6 Å². The van der Waals surface area contributed by atoms with Crippen LogP contribution in [0, 0.1) is 6.92 Å². The smallest absolute Gasteiger partial charge is 0.272 e. The summed E-state index contributed by atoms with van der Waals surface area (Å²) in [6.07, 6.45) is 0. The predicted molar refractivity (Wildman–Crippen MR) is 77.5 cm³/mol. The largest absolute Gasteiger partial charge is 0.279 e. The molecule has 0 aliphatic heterocycles. The summed E-state index contributed by atoms with van der Waals surface area (Å²) in [5.74, 6) is -0.348. The summed E-state index contributed by atoms with van der Waals surface area (Å²) in [6, 6.07) is 3.47. The maximum Gasteiger partial charge on any atom is 0.279 e. The lowest BCUT2D eigenvalue weighted by Gasteiger charge is -2.04. The van der Waals surface area contributed by atoms with Gasteiger partial charge in [-0.25, -0.2) is 4.98 Å². The van der Waals surface area contributed by atoms with E-state index in [0.29, 0.717) is 4.88 Å². The molecule has 0 spiro atoms. The van der Waals surface area contributed by atoms with Crippen LogP contribution in [0.5, 0.6) is 0 Å². The Hall–Kier alpha value is -1.38. The van der Waals surface area contributed by atoms with Gasteiger partial charge in [0.2, 0.25) is 5.91 Å². The number of rotatable bonds is 4. The Morgan fingerprint density at radius 2 is 2.21 bits per heavy atom. The molecule has 0 radical (unpaired) electrons. The summed E-state index contributed by atoms with van der Waals surface area (Å²) < 4.78 is 0.845. The second-order valence-corrected chi connectivity index (χ2v) is 6.55. The van der Waals surface area contributed by atoms with Crippen molar-refractivity contribution in [1.82, 2.24) is 15.8 Å². The van der Waals surface area contributed by atoms with Crippen molar-refractivity contribution >= 4 is 46.2 Å². The van der Waals surface area contributed by atoms with Gasteiger partial charge in [0.25, 0.3) is 5.91 Å². The quantitative estimate of drug-likeness (QED) is 0.669. The minimum absolute atomic E-state index is 0.220. The Morgan fingerprint density at radius 3 is 2.84 bits per heavy atom. The highest BCUT2D eigenvalue weighted by Gasteiger charge is 2.09. The van der Waals surface area contributed by atoms with Crippen LogP contribution in [-0.2, 0) is 4.79 Å². The number of hydrogen-bond donors (Lipinski definition) is 2. The number of thioether (sulfide) groups is 1. The fourth-order valence-corrected chi connectivity index (χ4v) is 3.43. The highest BCUT2D eigenvalue weighted by atomic mass is 32.2. The lowest BCUT2D eigenvalue weighted by Crippen LogP contribution is -2.42. The lowest BCUT2D eigenvalue weighted by atomic mass is 10.4. The molecule has 0 unspecified atom stereocenters. The van der Waals surface area contributed by atoms with Gasteiger partial charge >= 0.3 is 0 Å². The molecule has 0 fully saturated rings. The normalized spacial score (nSPS) is 10.2. The van der Waals surface area contributed by atoms with E-state index in [4.69, 9.17) is 0 Å². The number of thiazole rings is 1. The van der Waals surface area contributed by atoms with Crippen molar-refractivity contribution in [2.75, 3.05) is 5.75 Å². The third-order valence-electron chi connectivity index (χ3n) is 1.99. The number of aromatic nitrogens is 1.